The third kappa shape index (κ3) is 3.58. The number of rotatable bonds is 4. The normalized spacial score (nSPS) is 25.5. The van der Waals surface area contributed by atoms with Crippen molar-refractivity contribution in [3.63, 3.8) is 0 Å². The van der Waals surface area contributed by atoms with E-state index in [2.05, 4.69) is 10.00 Å². The molecule has 1 aromatic heterocycles. The Morgan fingerprint density at radius 2 is 2.19 bits per heavy atom. The smallest absolute Gasteiger partial charge is 0.325 e. The lowest BCUT2D eigenvalue weighted by Gasteiger charge is -2.38. The second-order valence-corrected chi connectivity index (χ2v) is 7.07. The van der Waals surface area contributed by atoms with Gasteiger partial charge in [-0.25, -0.2) is 8.78 Å². The average Bonchev–Trinajstić information content (AvgIpc) is 3.15. The first-order chi connectivity index (χ1) is 12.9. The Balaban J connectivity index is 1.41. The fraction of sp³-hybridized carbons (Fsp3) is 0.444. The Labute approximate surface area is 154 Å². The van der Waals surface area contributed by atoms with Gasteiger partial charge >= 0.3 is 5.97 Å². The molecule has 1 aromatic carbocycles. The van der Waals surface area contributed by atoms with E-state index in [1.54, 1.807) is 6.20 Å². The monoisotopic (exact) mass is 378 g/mol. The highest BCUT2D eigenvalue weighted by Crippen LogP contribution is 2.33. The van der Waals surface area contributed by atoms with Crippen molar-refractivity contribution in [2.75, 3.05) is 6.61 Å². The summed E-state index contributed by atoms with van der Waals surface area (Å²) in [5.41, 5.74) is 8.21. The van der Waals surface area contributed by atoms with Gasteiger partial charge in [-0.1, -0.05) is 0 Å². The van der Waals surface area contributed by atoms with Crippen LogP contribution in [0.1, 0.15) is 29.3 Å². The molecule has 2 aliphatic heterocycles. The predicted octanol–water partition coefficient (Wildman–Crippen LogP) is 1.42. The highest BCUT2D eigenvalue weighted by molar-refractivity contribution is 5.66. The van der Waals surface area contributed by atoms with E-state index >= 15 is 0 Å². The number of carbonyl (C=O) groups is 1. The molecule has 3 N–H and O–H groups in total. The zero-order valence-electron chi connectivity index (χ0n) is 14.5. The molecule has 9 heteroatoms. The van der Waals surface area contributed by atoms with Crippen molar-refractivity contribution >= 4 is 5.97 Å². The van der Waals surface area contributed by atoms with Gasteiger partial charge in [-0.2, -0.15) is 5.10 Å². The number of ether oxygens (including phenoxy) is 1. The number of fused-ring (bicyclic) bond motifs is 1. The molecule has 2 aliphatic rings. The third-order valence-electron chi connectivity index (χ3n) is 5.13. The highest BCUT2D eigenvalue weighted by Gasteiger charge is 2.37. The van der Waals surface area contributed by atoms with Crippen molar-refractivity contribution in [2.45, 2.75) is 44.2 Å². The first-order valence-corrected chi connectivity index (χ1v) is 8.74. The van der Waals surface area contributed by atoms with Crippen LogP contribution in [0.25, 0.3) is 0 Å². The maximum atomic E-state index is 14.0. The summed E-state index contributed by atoms with van der Waals surface area (Å²) in [6.45, 7) is 1.41. The lowest BCUT2D eigenvalue weighted by Crippen LogP contribution is -2.47. The zero-order valence-corrected chi connectivity index (χ0v) is 14.5. The number of carboxylic acid groups (broad SMARTS) is 1. The molecular weight excluding hydrogens is 358 g/mol. The Morgan fingerprint density at radius 3 is 2.89 bits per heavy atom. The topological polar surface area (TPSA) is 93.6 Å². The maximum Gasteiger partial charge on any atom is 0.325 e. The molecule has 0 spiro atoms. The summed E-state index contributed by atoms with van der Waals surface area (Å²) in [5, 5.41) is 13.2. The van der Waals surface area contributed by atoms with E-state index in [4.69, 9.17) is 15.6 Å². The average molecular weight is 378 g/mol. The lowest BCUT2D eigenvalue weighted by atomic mass is 9.93. The van der Waals surface area contributed by atoms with Crippen LogP contribution in [0.4, 0.5) is 8.78 Å². The molecule has 4 rings (SSSR count). The summed E-state index contributed by atoms with van der Waals surface area (Å²) in [5.74, 6) is -1.98. The molecule has 7 nitrogen and oxygen atoms in total. The number of aromatic nitrogens is 2. The summed E-state index contributed by atoms with van der Waals surface area (Å²) in [7, 11) is 0. The number of benzene rings is 1. The van der Waals surface area contributed by atoms with Crippen molar-refractivity contribution in [2.24, 2.45) is 5.73 Å². The van der Waals surface area contributed by atoms with E-state index < -0.39 is 29.7 Å². The van der Waals surface area contributed by atoms with Gasteiger partial charge in [0.2, 0.25) is 0 Å². The molecule has 27 heavy (non-hydrogen) atoms. The minimum atomic E-state index is -0.935. The molecule has 0 aliphatic carbocycles. The largest absolute Gasteiger partial charge is 0.480 e. The summed E-state index contributed by atoms with van der Waals surface area (Å²) in [6, 6.07) is 2.87. The Hall–Kier alpha value is -2.36. The van der Waals surface area contributed by atoms with Crippen molar-refractivity contribution in [3.8, 4) is 0 Å². The van der Waals surface area contributed by atoms with Crippen molar-refractivity contribution in [1.82, 2.24) is 14.7 Å². The summed E-state index contributed by atoms with van der Waals surface area (Å²) in [4.78, 5) is 13.0. The number of nitrogens with two attached hydrogens (primary N) is 1. The van der Waals surface area contributed by atoms with Gasteiger partial charge in [0, 0.05) is 42.5 Å². The summed E-state index contributed by atoms with van der Waals surface area (Å²) >= 11 is 0. The molecule has 0 saturated carbocycles. The van der Waals surface area contributed by atoms with Gasteiger partial charge in [0.1, 0.15) is 24.3 Å². The Bertz CT molecular complexity index is 849. The van der Waals surface area contributed by atoms with Gasteiger partial charge in [0.15, 0.2) is 0 Å². The van der Waals surface area contributed by atoms with E-state index in [-0.39, 0.29) is 18.2 Å². The molecule has 1 saturated heterocycles. The van der Waals surface area contributed by atoms with Gasteiger partial charge in [-0.3, -0.25) is 14.4 Å². The van der Waals surface area contributed by atoms with Crippen LogP contribution in [0.5, 0.6) is 0 Å². The fourth-order valence-electron chi connectivity index (χ4n) is 3.86. The number of nitrogens with zero attached hydrogens (tertiary/aromatic N) is 3. The van der Waals surface area contributed by atoms with E-state index in [1.165, 1.54) is 4.68 Å². The van der Waals surface area contributed by atoms with E-state index in [0.717, 1.165) is 29.5 Å². The fourth-order valence-corrected chi connectivity index (χ4v) is 3.86. The van der Waals surface area contributed by atoms with Crippen LogP contribution in [0.15, 0.2) is 24.4 Å². The minimum absolute atomic E-state index is 0.0370. The van der Waals surface area contributed by atoms with Crippen LogP contribution in [0, 0.1) is 11.6 Å². The van der Waals surface area contributed by atoms with Crippen LogP contribution in [0.2, 0.25) is 0 Å². The first kappa shape index (κ1) is 18.0. The third-order valence-corrected chi connectivity index (χ3v) is 5.13. The number of hydrogen-bond acceptors (Lipinski definition) is 5. The van der Waals surface area contributed by atoms with Crippen LogP contribution in [-0.2, 0) is 29.2 Å². The Morgan fingerprint density at radius 1 is 1.37 bits per heavy atom. The summed E-state index contributed by atoms with van der Waals surface area (Å²) < 4.78 is 34.7. The molecule has 0 amide bonds. The molecular formula is C18H20F2N4O3. The molecule has 144 valence electrons. The molecule has 3 atom stereocenters. The Kier molecular flexibility index (Phi) is 4.67. The highest BCUT2D eigenvalue weighted by atomic mass is 19.1. The van der Waals surface area contributed by atoms with Crippen molar-refractivity contribution < 1.29 is 23.4 Å². The standard InChI is InChI=1S/C18H20F2N4O3/c19-11-1-2-14(20)13(3-11)18-15(21)4-12(9-27-18)23-5-10-6-24(8-17(25)26)22-16(10)7-23/h1-3,6,12,15,18H,4-5,7-9,21H2,(H,25,26)/t12?,15?,18-/m1/s1. The van der Waals surface area contributed by atoms with Gasteiger partial charge < -0.3 is 15.6 Å². The predicted molar refractivity (Wildman–Crippen MR) is 90.5 cm³/mol. The van der Waals surface area contributed by atoms with Crippen LogP contribution in [0.3, 0.4) is 0 Å². The molecule has 1 fully saturated rings. The minimum Gasteiger partial charge on any atom is -0.480 e. The van der Waals surface area contributed by atoms with Gasteiger partial charge in [-0.15, -0.1) is 0 Å². The second-order valence-electron chi connectivity index (χ2n) is 7.07. The van der Waals surface area contributed by atoms with Gasteiger partial charge in [0.05, 0.1) is 12.3 Å². The van der Waals surface area contributed by atoms with E-state index in [9.17, 15) is 13.6 Å². The van der Waals surface area contributed by atoms with Crippen LogP contribution in [-0.4, -0.2) is 44.4 Å². The van der Waals surface area contributed by atoms with E-state index in [1.807, 2.05) is 0 Å². The molecule has 3 heterocycles. The lowest BCUT2D eigenvalue weighted by molar-refractivity contribution is -0.137. The van der Waals surface area contributed by atoms with Crippen LogP contribution >= 0.6 is 0 Å². The molecule has 0 bridgehead atoms. The zero-order chi connectivity index (χ0) is 19.1. The van der Waals surface area contributed by atoms with Gasteiger partial charge in [0.25, 0.3) is 0 Å². The van der Waals surface area contributed by atoms with Crippen LogP contribution < -0.4 is 5.73 Å². The molecule has 2 aromatic rings. The second kappa shape index (κ2) is 6.99. The van der Waals surface area contributed by atoms with Gasteiger partial charge in [-0.05, 0) is 24.6 Å². The summed E-state index contributed by atoms with van der Waals surface area (Å²) in [6.07, 6.45) is 1.65. The number of hydrogen-bond donors (Lipinski definition) is 2. The van der Waals surface area contributed by atoms with E-state index in [0.29, 0.717) is 26.1 Å². The molecule has 2 unspecified atom stereocenters. The van der Waals surface area contributed by atoms with Crippen molar-refractivity contribution in [1.29, 1.82) is 0 Å². The quantitative estimate of drug-likeness (QED) is 0.836. The SMILES string of the molecule is NC1CC(N2Cc3cn(CC(=O)O)nc3C2)CO[C@@H]1c1cc(F)ccc1F. The number of carboxylic acids is 1. The number of aliphatic carboxylic acids is 1. The first-order valence-electron chi connectivity index (χ1n) is 8.74. The maximum absolute atomic E-state index is 14.0. The van der Waals surface area contributed by atoms with Crippen molar-refractivity contribution in [3.05, 3.63) is 52.9 Å². The number of halogens is 2. The molecule has 0 radical (unpaired) electrons.